The first kappa shape index (κ1) is 29.9. The summed E-state index contributed by atoms with van der Waals surface area (Å²) in [7, 11) is -3.57. The highest BCUT2D eigenvalue weighted by atomic mass is 32.2. The second kappa shape index (κ2) is 11.6. The van der Waals surface area contributed by atoms with Crippen LogP contribution < -0.4 is 0 Å². The van der Waals surface area contributed by atoms with E-state index in [1.807, 2.05) is 26.8 Å². The van der Waals surface area contributed by atoms with Crippen molar-refractivity contribution in [2.75, 3.05) is 0 Å². The second-order valence-electron chi connectivity index (χ2n) is 12.3. The number of allylic oxidation sites excluding steroid dienone is 2. The van der Waals surface area contributed by atoms with Crippen LogP contribution >= 0.6 is 0 Å². The number of phenolic OH excluding ortho intramolecular Hbond substituents is 1. The Hall–Kier alpha value is -2.65. The number of aryl methyl sites for hydroxylation is 2. The highest BCUT2D eigenvalue weighted by molar-refractivity contribution is 7.92. The van der Waals surface area contributed by atoms with Crippen LogP contribution in [0, 0.1) is 48.3 Å². The van der Waals surface area contributed by atoms with Gasteiger partial charge in [-0.2, -0.15) is 5.26 Å². The van der Waals surface area contributed by atoms with Crippen molar-refractivity contribution in [2.24, 2.45) is 23.2 Å². The molecule has 38 heavy (non-hydrogen) atoms. The Morgan fingerprint density at radius 3 is 2.29 bits per heavy atom. The molecular formula is C32H44N2O3S. The summed E-state index contributed by atoms with van der Waals surface area (Å²) in [6.45, 7) is 15.9. The second-order valence-corrected chi connectivity index (χ2v) is 14.6. The number of rotatable bonds is 9. The number of sulfone groups is 1. The van der Waals surface area contributed by atoms with Crippen molar-refractivity contribution < 1.29 is 13.5 Å². The standard InChI is InChI=1S/C32H44N2O3S/c1-9-24(25-11-10-12-25)16-28(29(18-33)27-17-31(35)21(3)15-20(27)2)30-14-13-26(19-34-30)38(36,37)23(5)22(4)32(6,7)8/h13-15,17,19,22-25,35H,9-12,16H2,1-8H3. The van der Waals surface area contributed by atoms with E-state index in [0.29, 0.717) is 35.1 Å². The number of phenols is 1. The first-order valence-electron chi connectivity index (χ1n) is 13.9. The van der Waals surface area contributed by atoms with Crippen LogP contribution in [0.5, 0.6) is 5.75 Å². The molecule has 1 aliphatic rings. The Balaban J connectivity index is 2.12. The van der Waals surface area contributed by atoms with Crippen molar-refractivity contribution in [2.45, 2.75) is 97.6 Å². The van der Waals surface area contributed by atoms with Gasteiger partial charge in [-0.15, -0.1) is 0 Å². The molecule has 3 atom stereocenters. The third-order valence-electron chi connectivity index (χ3n) is 8.97. The predicted molar refractivity (Wildman–Crippen MR) is 155 cm³/mol. The van der Waals surface area contributed by atoms with Crippen LogP contribution in [0.4, 0.5) is 0 Å². The summed E-state index contributed by atoms with van der Waals surface area (Å²) in [5, 5.41) is 20.3. The molecule has 1 aromatic heterocycles. The molecule has 1 aromatic carbocycles. The quantitative estimate of drug-likeness (QED) is 0.329. The molecule has 1 aliphatic carbocycles. The smallest absolute Gasteiger partial charge is 0.182 e. The van der Waals surface area contributed by atoms with Crippen molar-refractivity contribution >= 4 is 21.0 Å². The molecule has 0 aliphatic heterocycles. The van der Waals surface area contributed by atoms with E-state index in [-0.39, 0.29) is 22.0 Å². The number of pyridine rings is 1. The molecule has 1 fully saturated rings. The van der Waals surface area contributed by atoms with Gasteiger partial charge in [0.15, 0.2) is 9.84 Å². The lowest BCUT2D eigenvalue weighted by Gasteiger charge is -2.34. The van der Waals surface area contributed by atoms with E-state index in [2.05, 4.69) is 38.7 Å². The van der Waals surface area contributed by atoms with Gasteiger partial charge in [-0.1, -0.05) is 66.4 Å². The molecule has 3 rings (SSSR count). The van der Waals surface area contributed by atoms with Crippen LogP contribution in [0.25, 0.3) is 11.1 Å². The molecular weight excluding hydrogens is 492 g/mol. The zero-order chi connectivity index (χ0) is 28.4. The molecule has 6 heteroatoms. The Labute approximate surface area is 229 Å². The highest BCUT2D eigenvalue weighted by Crippen LogP contribution is 2.42. The molecule has 3 unspecified atom stereocenters. The molecule has 0 radical (unpaired) electrons. The van der Waals surface area contributed by atoms with E-state index in [0.717, 1.165) is 23.1 Å². The van der Waals surface area contributed by atoms with E-state index in [1.165, 1.54) is 25.5 Å². The molecule has 0 spiro atoms. The van der Waals surface area contributed by atoms with Crippen LogP contribution in [0.1, 0.15) is 96.0 Å². The minimum atomic E-state index is -3.57. The fourth-order valence-electron chi connectivity index (χ4n) is 5.47. The van der Waals surface area contributed by atoms with Gasteiger partial charge in [0.2, 0.25) is 0 Å². The van der Waals surface area contributed by atoms with Gasteiger partial charge in [-0.05, 0) is 90.8 Å². The van der Waals surface area contributed by atoms with Gasteiger partial charge in [0, 0.05) is 6.20 Å². The molecule has 1 saturated carbocycles. The number of nitriles is 1. The maximum atomic E-state index is 13.5. The lowest BCUT2D eigenvalue weighted by Crippen LogP contribution is -2.33. The van der Waals surface area contributed by atoms with E-state index < -0.39 is 15.1 Å². The molecule has 0 bridgehead atoms. The summed E-state index contributed by atoms with van der Waals surface area (Å²) in [5.41, 5.74) is 4.15. The van der Waals surface area contributed by atoms with Crippen molar-refractivity contribution in [3.63, 3.8) is 0 Å². The van der Waals surface area contributed by atoms with Crippen molar-refractivity contribution in [3.8, 4) is 11.8 Å². The number of hydrogen-bond donors (Lipinski definition) is 1. The summed E-state index contributed by atoms with van der Waals surface area (Å²) in [5.74, 6) is 1.15. The Morgan fingerprint density at radius 2 is 1.82 bits per heavy atom. The van der Waals surface area contributed by atoms with Gasteiger partial charge in [-0.3, -0.25) is 4.98 Å². The van der Waals surface area contributed by atoms with Gasteiger partial charge in [-0.25, -0.2) is 8.42 Å². The maximum Gasteiger partial charge on any atom is 0.182 e. The summed E-state index contributed by atoms with van der Waals surface area (Å²) >= 11 is 0. The van der Waals surface area contributed by atoms with E-state index in [9.17, 15) is 18.8 Å². The minimum Gasteiger partial charge on any atom is -0.508 e. The number of hydrogen-bond acceptors (Lipinski definition) is 5. The fourth-order valence-corrected chi connectivity index (χ4v) is 7.30. The van der Waals surface area contributed by atoms with Crippen LogP contribution in [0.3, 0.4) is 0 Å². The molecule has 0 saturated heterocycles. The largest absolute Gasteiger partial charge is 0.508 e. The maximum absolute atomic E-state index is 13.5. The Bertz CT molecular complexity index is 1320. The fraction of sp³-hybridized carbons (Fsp3) is 0.562. The van der Waals surface area contributed by atoms with Gasteiger partial charge < -0.3 is 5.11 Å². The van der Waals surface area contributed by atoms with Crippen molar-refractivity contribution in [1.82, 2.24) is 4.98 Å². The van der Waals surface area contributed by atoms with Gasteiger partial charge in [0.05, 0.1) is 21.4 Å². The van der Waals surface area contributed by atoms with Crippen molar-refractivity contribution in [1.29, 1.82) is 5.26 Å². The normalized spacial score (nSPS) is 17.7. The first-order valence-corrected chi connectivity index (χ1v) is 15.4. The van der Waals surface area contributed by atoms with Crippen LogP contribution in [-0.2, 0) is 9.84 Å². The summed E-state index contributed by atoms with van der Waals surface area (Å²) in [6, 6.07) is 9.37. The topological polar surface area (TPSA) is 91.0 Å². The molecule has 1 heterocycles. The van der Waals surface area contributed by atoms with E-state index in [1.54, 1.807) is 25.1 Å². The summed E-state index contributed by atoms with van der Waals surface area (Å²) in [4.78, 5) is 4.86. The zero-order valence-corrected chi connectivity index (χ0v) is 25.1. The number of benzene rings is 1. The predicted octanol–water partition coefficient (Wildman–Crippen LogP) is 7.90. The zero-order valence-electron chi connectivity index (χ0n) is 24.3. The highest BCUT2D eigenvalue weighted by Gasteiger charge is 2.35. The third-order valence-corrected chi connectivity index (χ3v) is 11.3. The van der Waals surface area contributed by atoms with Gasteiger partial charge >= 0.3 is 0 Å². The first-order chi connectivity index (χ1) is 17.7. The average Bonchev–Trinajstić information content (AvgIpc) is 2.83. The molecule has 5 nitrogen and oxygen atoms in total. The SMILES string of the molecule is CCC(CC(=C(C#N)c1cc(O)c(C)cc1C)c1ccc(S(=O)(=O)C(C)C(C)C(C)(C)C)cn1)C1CCC1. The average molecular weight is 537 g/mol. The molecule has 2 aromatic rings. The van der Waals surface area contributed by atoms with E-state index in [4.69, 9.17) is 0 Å². The Morgan fingerprint density at radius 1 is 1.16 bits per heavy atom. The summed E-state index contributed by atoms with van der Waals surface area (Å²) in [6.07, 6.45) is 6.79. The number of aromatic nitrogens is 1. The molecule has 206 valence electrons. The van der Waals surface area contributed by atoms with Crippen LogP contribution in [-0.4, -0.2) is 23.8 Å². The van der Waals surface area contributed by atoms with Gasteiger partial charge in [0.1, 0.15) is 11.8 Å². The van der Waals surface area contributed by atoms with Gasteiger partial charge in [0.25, 0.3) is 0 Å². The molecule has 1 N–H and O–H groups in total. The third kappa shape index (κ3) is 6.15. The van der Waals surface area contributed by atoms with Crippen LogP contribution in [0.15, 0.2) is 35.4 Å². The minimum absolute atomic E-state index is 0.0437. The summed E-state index contributed by atoms with van der Waals surface area (Å²) < 4.78 is 26.9. The Kier molecular flexibility index (Phi) is 9.14. The van der Waals surface area contributed by atoms with Crippen LogP contribution in [0.2, 0.25) is 0 Å². The number of aromatic hydroxyl groups is 1. The number of nitrogens with zero attached hydrogens (tertiary/aromatic N) is 2. The van der Waals surface area contributed by atoms with E-state index >= 15 is 0 Å². The lowest BCUT2D eigenvalue weighted by atomic mass is 9.71. The molecule has 0 amide bonds. The van der Waals surface area contributed by atoms with Crippen molar-refractivity contribution in [3.05, 3.63) is 52.8 Å². The lowest BCUT2D eigenvalue weighted by molar-refractivity contribution is 0.204. The monoisotopic (exact) mass is 536 g/mol.